The number of anilines is 1. The van der Waals surface area contributed by atoms with E-state index in [0.29, 0.717) is 28.6 Å². The van der Waals surface area contributed by atoms with E-state index in [2.05, 4.69) is 15.4 Å². The fourth-order valence-corrected chi connectivity index (χ4v) is 2.49. The summed E-state index contributed by atoms with van der Waals surface area (Å²) in [5, 5.41) is 7.38. The molecule has 4 rings (SSSR count). The summed E-state index contributed by atoms with van der Waals surface area (Å²) in [6.45, 7) is 0. The van der Waals surface area contributed by atoms with E-state index in [1.54, 1.807) is 35.9 Å². The first-order valence-electron chi connectivity index (χ1n) is 7.55. The molecule has 0 unspecified atom stereocenters. The van der Waals surface area contributed by atoms with Crippen LogP contribution in [0.5, 0.6) is 5.75 Å². The van der Waals surface area contributed by atoms with Crippen LogP contribution in [0.1, 0.15) is 34.9 Å². The molecule has 1 aliphatic carbocycles. The van der Waals surface area contributed by atoms with Crippen LogP contribution >= 0.6 is 0 Å². The van der Waals surface area contributed by atoms with Gasteiger partial charge in [-0.2, -0.15) is 5.10 Å². The number of rotatable bonds is 4. The standard InChI is InChI=1S/C17H16N4O2/c1-23-13-5-2-4-12(10-13)17(22)18-14-6-3-9-21-16(14)19-15(20-21)11-7-8-11/h2-6,9-11H,7-8H2,1H3,(H,18,22). The average molecular weight is 308 g/mol. The van der Waals surface area contributed by atoms with Gasteiger partial charge < -0.3 is 10.1 Å². The summed E-state index contributed by atoms with van der Waals surface area (Å²) in [4.78, 5) is 17.0. The lowest BCUT2D eigenvalue weighted by atomic mass is 10.2. The number of carbonyl (C=O) groups excluding carboxylic acids is 1. The maximum atomic E-state index is 12.5. The van der Waals surface area contributed by atoms with Crippen molar-refractivity contribution in [3.8, 4) is 5.75 Å². The Bertz CT molecular complexity index is 883. The van der Waals surface area contributed by atoms with Crippen molar-refractivity contribution in [2.45, 2.75) is 18.8 Å². The van der Waals surface area contributed by atoms with E-state index in [0.717, 1.165) is 18.7 Å². The van der Waals surface area contributed by atoms with Gasteiger partial charge in [-0.25, -0.2) is 9.50 Å². The quantitative estimate of drug-likeness (QED) is 0.804. The number of pyridine rings is 1. The molecule has 23 heavy (non-hydrogen) atoms. The SMILES string of the molecule is COc1cccc(C(=O)Nc2cccn3nc(C4CC4)nc23)c1. The van der Waals surface area contributed by atoms with E-state index in [1.807, 2.05) is 18.3 Å². The van der Waals surface area contributed by atoms with Gasteiger partial charge in [-0.05, 0) is 43.2 Å². The van der Waals surface area contributed by atoms with Crippen molar-refractivity contribution in [2.75, 3.05) is 12.4 Å². The average Bonchev–Trinajstić information content (AvgIpc) is 3.34. The molecular formula is C17H16N4O2. The number of benzene rings is 1. The summed E-state index contributed by atoms with van der Waals surface area (Å²) < 4.78 is 6.87. The molecule has 0 saturated heterocycles. The molecule has 1 amide bonds. The first-order valence-corrected chi connectivity index (χ1v) is 7.55. The Morgan fingerprint density at radius 2 is 2.17 bits per heavy atom. The minimum Gasteiger partial charge on any atom is -0.497 e. The minimum absolute atomic E-state index is 0.201. The van der Waals surface area contributed by atoms with Crippen molar-refractivity contribution in [2.24, 2.45) is 0 Å². The third-order valence-electron chi connectivity index (χ3n) is 3.90. The van der Waals surface area contributed by atoms with Crippen LogP contribution in [-0.4, -0.2) is 27.6 Å². The topological polar surface area (TPSA) is 68.5 Å². The van der Waals surface area contributed by atoms with Gasteiger partial charge in [0.15, 0.2) is 11.5 Å². The highest BCUT2D eigenvalue weighted by molar-refractivity contribution is 6.06. The van der Waals surface area contributed by atoms with Crippen LogP contribution in [0.2, 0.25) is 0 Å². The van der Waals surface area contributed by atoms with Gasteiger partial charge in [0, 0.05) is 17.7 Å². The Morgan fingerprint density at radius 3 is 2.96 bits per heavy atom. The van der Waals surface area contributed by atoms with Gasteiger partial charge in [0.1, 0.15) is 5.75 Å². The van der Waals surface area contributed by atoms with Crippen LogP contribution in [0.3, 0.4) is 0 Å². The highest BCUT2D eigenvalue weighted by atomic mass is 16.5. The molecule has 1 fully saturated rings. The van der Waals surface area contributed by atoms with Crippen molar-refractivity contribution < 1.29 is 9.53 Å². The summed E-state index contributed by atoms with van der Waals surface area (Å²) in [5.74, 6) is 1.77. The molecule has 0 bridgehead atoms. The second-order valence-corrected chi connectivity index (χ2v) is 5.62. The molecule has 2 heterocycles. The van der Waals surface area contributed by atoms with Gasteiger partial charge >= 0.3 is 0 Å². The number of carbonyl (C=O) groups is 1. The Morgan fingerprint density at radius 1 is 1.30 bits per heavy atom. The number of hydrogen-bond donors (Lipinski definition) is 1. The van der Waals surface area contributed by atoms with Crippen LogP contribution < -0.4 is 10.1 Å². The number of amides is 1. The molecule has 0 radical (unpaired) electrons. The molecule has 0 spiro atoms. The summed E-state index contributed by atoms with van der Waals surface area (Å²) in [6.07, 6.45) is 4.13. The number of nitrogens with one attached hydrogen (secondary N) is 1. The Labute approximate surface area is 133 Å². The van der Waals surface area contributed by atoms with E-state index >= 15 is 0 Å². The lowest BCUT2D eigenvalue weighted by Crippen LogP contribution is -2.12. The van der Waals surface area contributed by atoms with Crippen LogP contribution in [-0.2, 0) is 0 Å². The van der Waals surface area contributed by atoms with Gasteiger partial charge in [-0.1, -0.05) is 6.07 Å². The summed E-state index contributed by atoms with van der Waals surface area (Å²) in [6, 6.07) is 10.7. The maximum absolute atomic E-state index is 12.5. The first-order chi connectivity index (χ1) is 11.2. The van der Waals surface area contributed by atoms with Gasteiger partial charge in [-0.15, -0.1) is 0 Å². The molecule has 0 aliphatic heterocycles. The lowest BCUT2D eigenvalue weighted by molar-refractivity contribution is 0.102. The normalized spacial score (nSPS) is 14.0. The summed E-state index contributed by atoms with van der Waals surface area (Å²) in [5.41, 5.74) is 1.86. The number of methoxy groups -OCH3 is 1. The molecule has 1 aromatic carbocycles. The summed E-state index contributed by atoms with van der Waals surface area (Å²) >= 11 is 0. The van der Waals surface area contributed by atoms with E-state index in [4.69, 9.17) is 4.74 Å². The molecular weight excluding hydrogens is 292 g/mol. The predicted molar refractivity (Wildman–Crippen MR) is 85.9 cm³/mol. The van der Waals surface area contributed by atoms with Gasteiger partial charge in [0.25, 0.3) is 5.91 Å². The maximum Gasteiger partial charge on any atom is 0.255 e. The van der Waals surface area contributed by atoms with E-state index in [9.17, 15) is 4.79 Å². The monoisotopic (exact) mass is 308 g/mol. The first kappa shape index (κ1) is 13.8. The third kappa shape index (κ3) is 2.63. The fourth-order valence-electron chi connectivity index (χ4n) is 2.49. The van der Waals surface area contributed by atoms with Crippen LogP contribution in [0.25, 0.3) is 5.65 Å². The molecule has 1 N–H and O–H groups in total. The molecule has 1 aliphatic rings. The number of ether oxygens (including phenoxy) is 1. The molecule has 1 saturated carbocycles. The van der Waals surface area contributed by atoms with Crippen molar-refractivity contribution >= 4 is 17.2 Å². The van der Waals surface area contributed by atoms with Crippen LogP contribution in [0.15, 0.2) is 42.6 Å². The highest BCUT2D eigenvalue weighted by Crippen LogP contribution is 2.38. The molecule has 6 heteroatoms. The van der Waals surface area contributed by atoms with Gasteiger partial charge in [-0.3, -0.25) is 4.79 Å². The van der Waals surface area contributed by atoms with Crippen molar-refractivity contribution in [1.29, 1.82) is 0 Å². The van der Waals surface area contributed by atoms with Gasteiger partial charge in [0.05, 0.1) is 12.8 Å². The smallest absolute Gasteiger partial charge is 0.255 e. The largest absolute Gasteiger partial charge is 0.497 e. The zero-order valence-electron chi connectivity index (χ0n) is 12.7. The van der Waals surface area contributed by atoms with E-state index in [1.165, 1.54) is 0 Å². The number of aromatic nitrogens is 3. The predicted octanol–water partition coefficient (Wildman–Crippen LogP) is 2.87. The van der Waals surface area contributed by atoms with Crippen LogP contribution in [0, 0.1) is 0 Å². The van der Waals surface area contributed by atoms with Crippen molar-refractivity contribution in [3.63, 3.8) is 0 Å². The van der Waals surface area contributed by atoms with Crippen molar-refractivity contribution in [3.05, 3.63) is 54.0 Å². The Balaban J connectivity index is 1.65. The highest BCUT2D eigenvalue weighted by Gasteiger charge is 2.28. The second-order valence-electron chi connectivity index (χ2n) is 5.62. The van der Waals surface area contributed by atoms with Crippen LogP contribution in [0.4, 0.5) is 5.69 Å². The second kappa shape index (κ2) is 5.39. The molecule has 6 nitrogen and oxygen atoms in total. The van der Waals surface area contributed by atoms with Crippen molar-refractivity contribution in [1.82, 2.24) is 14.6 Å². The Hall–Kier alpha value is -2.89. The molecule has 2 aromatic heterocycles. The lowest BCUT2D eigenvalue weighted by Gasteiger charge is -2.07. The zero-order valence-corrected chi connectivity index (χ0v) is 12.7. The number of fused-ring (bicyclic) bond motifs is 1. The number of hydrogen-bond acceptors (Lipinski definition) is 4. The molecule has 0 atom stereocenters. The van der Waals surface area contributed by atoms with E-state index < -0.39 is 0 Å². The summed E-state index contributed by atoms with van der Waals surface area (Å²) in [7, 11) is 1.58. The molecule has 116 valence electrons. The minimum atomic E-state index is -0.201. The molecule has 3 aromatic rings. The van der Waals surface area contributed by atoms with E-state index in [-0.39, 0.29) is 5.91 Å². The fraction of sp³-hybridized carbons (Fsp3) is 0.235. The zero-order chi connectivity index (χ0) is 15.8. The number of nitrogens with zero attached hydrogens (tertiary/aromatic N) is 3. The Kier molecular flexibility index (Phi) is 3.22. The third-order valence-corrected chi connectivity index (χ3v) is 3.90. The van der Waals surface area contributed by atoms with Gasteiger partial charge in [0.2, 0.25) is 0 Å².